The Morgan fingerprint density at radius 1 is 0.291 bits per heavy atom. The van der Waals surface area contributed by atoms with Crippen LogP contribution in [0.25, 0.3) is 77.4 Å². The number of nitrogens with zero attached hydrogens (tertiary/aromatic N) is 3. The second kappa shape index (κ2) is 27.7. The molecule has 13 aromatic rings. The summed E-state index contributed by atoms with van der Waals surface area (Å²) in [7, 11) is 0. The molecule has 0 atom stereocenters. The van der Waals surface area contributed by atoms with Gasteiger partial charge in [-0.15, -0.1) is 0 Å². The van der Waals surface area contributed by atoms with Crippen molar-refractivity contribution in [3.63, 3.8) is 0 Å². The molecule has 1 aromatic heterocycles. The third-order valence-corrected chi connectivity index (χ3v) is 22.5. The Bertz CT molecular complexity index is 5060. The number of benzene rings is 12. The van der Waals surface area contributed by atoms with Crippen molar-refractivity contribution in [2.24, 2.45) is 0 Å². The lowest BCUT2D eigenvalue weighted by atomic mass is 9.33. The molecule has 103 heavy (non-hydrogen) atoms. The fourth-order valence-electron chi connectivity index (χ4n) is 16.5. The number of aromatic nitrogens is 1. The predicted molar refractivity (Wildman–Crippen MR) is 446 cm³/mol. The molecule has 0 saturated carbocycles. The summed E-state index contributed by atoms with van der Waals surface area (Å²) in [6.07, 6.45) is 8.39. The second-order valence-corrected chi connectivity index (χ2v) is 33.8. The van der Waals surface area contributed by atoms with Crippen molar-refractivity contribution in [2.45, 2.75) is 176 Å². The number of unbranched alkanes of at least 4 members (excludes halogenated alkanes) is 5. The highest BCUT2D eigenvalue weighted by Gasteiger charge is 2.44. The molecule has 2 aliphatic heterocycles. The van der Waals surface area contributed by atoms with Crippen LogP contribution in [-0.2, 0) is 47.7 Å². The Morgan fingerprint density at radius 2 is 0.689 bits per heavy atom. The van der Waals surface area contributed by atoms with E-state index >= 15 is 0 Å². The van der Waals surface area contributed by atoms with E-state index in [-0.39, 0.29) is 28.4 Å². The standard InChI is InChI=1S/C99H102BN3/c1-14-15-16-17-18-24-35-67-54-93-95-94(55-67)103(66-86-81(72-42-31-22-32-43-72)62-78(99(11,12)13)63-82(86)73-44-33-23-34-45-73)92-56-68(64-101-89-52-48-75(96(2,3)4)58-83(89)84-59-76(97(5,6)7)49-53-90(84)101)46-50-87(92)100(95)88-57-74(69-36-25-19-26-37-69)47-51-91(88)102(93)65-85-79(70-38-27-20-28-39-70)60-77(98(8,9)10)61-80(85)71-40-29-21-30-41-71/h19-23,25-34,36-63H,14-18,24,35,64-66H2,1-13H3. The summed E-state index contributed by atoms with van der Waals surface area (Å²) in [5.41, 5.74) is 34.6. The third-order valence-electron chi connectivity index (χ3n) is 22.5. The maximum atomic E-state index is 2.81. The zero-order chi connectivity index (χ0) is 71.5. The molecule has 0 spiro atoms. The summed E-state index contributed by atoms with van der Waals surface area (Å²) in [4.78, 5) is 5.59. The van der Waals surface area contributed by atoms with E-state index in [4.69, 9.17) is 0 Å². The molecule has 0 unspecified atom stereocenters. The maximum absolute atomic E-state index is 2.81. The smallest absolute Gasteiger partial charge is 0.252 e. The minimum Gasteiger partial charge on any atom is -0.338 e. The lowest BCUT2D eigenvalue weighted by Gasteiger charge is -2.45. The number of hydrogen-bond acceptors (Lipinski definition) is 2. The fraction of sp³-hybridized carbons (Fsp3) is 0.273. The van der Waals surface area contributed by atoms with Gasteiger partial charge in [0.2, 0.25) is 0 Å². The van der Waals surface area contributed by atoms with E-state index in [1.807, 2.05) is 0 Å². The average Bonchev–Trinajstić information content (AvgIpc) is 1.24. The quantitative estimate of drug-likeness (QED) is 0.0627. The number of fused-ring (bicyclic) bond motifs is 7. The summed E-state index contributed by atoms with van der Waals surface area (Å²) in [5.74, 6) is 0. The van der Waals surface area contributed by atoms with E-state index in [9.17, 15) is 0 Å². The van der Waals surface area contributed by atoms with Gasteiger partial charge in [-0.1, -0.05) is 334 Å². The molecule has 3 heterocycles. The minimum absolute atomic E-state index is 0.00475. The van der Waals surface area contributed by atoms with Crippen LogP contribution >= 0.6 is 0 Å². The Kier molecular flexibility index (Phi) is 18.5. The largest absolute Gasteiger partial charge is 0.338 e. The average molecular weight is 1340 g/mol. The van der Waals surface area contributed by atoms with Crippen LogP contribution in [0, 0.1) is 0 Å². The van der Waals surface area contributed by atoms with Crippen LogP contribution in [0.1, 0.15) is 173 Å². The molecule has 2 aliphatic rings. The van der Waals surface area contributed by atoms with Gasteiger partial charge in [0.15, 0.2) is 0 Å². The highest BCUT2D eigenvalue weighted by atomic mass is 15.2. The lowest BCUT2D eigenvalue weighted by Crippen LogP contribution is -2.62. The van der Waals surface area contributed by atoms with Crippen molar-refractivity contribution in [2.75, 3.05) is 9.80 Å². The van der Waals surface area contributed by atoms with Gasteiger partial charge >= 0.3 is 0 Å². The SMILES string of the molecule is CCCCCCCCc1cc2c3c(c1)N(Cc1c(-c4ccccc4)cc(C(C)(C)C)cc1-c1ccccc1)c1cc(Cn4c5ccc(C(C)(C)C)cc5c5cc(C(C)(C)C)ccc54)ccc1B3c1cc(-c3ccccc3)ccc1N2Cc1c(-c2ccccc2)cc(C(C)(C)C)cc1-c1ccccc1. The second-order valence-electron chi connectivity index (χ2n) is 33.8. The molecule has 0 aliphatic carbocycles. The van der Waals surface area contributed by atoms with E-state index in [1.165, 1.54) is 193 Å². The van der Waals surface area contributed by atoms with E-state index in [0.29, 0.717) is 19.6 Å². The Balaban J connectivity index is 1.03. The maximum Gasteiger partial charge on any atom is 0.252 e. The summed E-state index contributed by atoms with van der Waals surface area (Å²) in [6.45, 7) is 32.5. The molecule has 0 bridgehead atoms. The molecule has 3 nitrogen and oxygen atoms in total. The first kappa shape index (κ1) is 68.9. The number of hydrogen-bond donors (Lipinski definition) is 0. The first-order valence-electron chi connectivity index (χ1n) is 38.2. The van der Waals surface area contributed by atoms with Crippen LogP contribution in [0.5, 0.6) is 0 Å². The van der Waals surface area contributed by atoms with E-state index in [2.05, 4.69) is 365 Å². The Morgan fingerprint density at radius 3 is 1.12 bits per heavy atom. The molecule has 0 radical (unpaired) electrons. The van der Waals surface area contributed by atoms with Crippen LogP contribution in [-0.4, -0.2) is 11.3 Å². The summed E-state index contributed by atoms with van der Waals surface area (Å²) >= 11 is 0. The van der Waals surface area contributed by atoms with E-state index in [1.54, 1.807) is 0 Å². The van der Waals surface area contributed by atoms with Gasteiger partial charge in [-0.2, -0.15) is 0 Å². The van der Waals surface area contributed by atoms with Crippen LogP contribution in [0.15, 0.2) is 261 Å². The zero-order valence-corrected chi connectivity index (χ0v) is 63.3. The van der Waals surface area contributed by atoms with E-state index < -0.39 is 0 Å². The van der Waals surface area contributed by atoms with E-state index in [0.717, 1.165) is 12.8 Å². The highest BCUT2D eigenvalue weighted by Crippen LogP contribution is 2.48. The summed E-state index contributed by atoms with van der Waals surface area (Å²) in [6, 6.07) is 101. The van der Waals surface area contributed by atoms with Gasteiger partial charge < -0.3 is 14.4 Å². The van der Waals surface area contributed by atoms with Crippen LogP contribution in [0.3, 0.4) is 0 Å². The molecular weight excluding hydrogens is 1240 g/mol. The summed E-state index contributed by atoms with van der Waals surface area (Å²) < 4.78 is 2.62. The van der Waals surface area contributed by atoms with Gasteiger partial charge in [0.05, 0.1) is 0 Å². The molecule has 0 N–H and O–H groups in total. The molecule has 0 saturated heterocycles. The van der Waals surface area contributed by atoms with Crippen molar-refractivity contribution < 1.29 is 0 Å². The first-order chi connectivity index (χ1) is 49.6. The lowest BCUT2D eigenvalue weighted by molar-refractivity contribution is 0.590. The van der Waals surface area contributed by atoms with Crippen LogP contribution < -0.4 is 26.2 Å². The molecule has 516 valence electrons. The minimum atomic E-state index is -0.117. The van der Waals surface area contributed by atoms with Gasteiger partial charge in [0.1, 0.15) is 0 Å². The normalized spacial score (nSPS) is 13.0. The predicted octanol–water partition coefficient (Wildman–Crippen LogP) is 25.1. The van der Waals surface area contributed by atoms with Crippen molar-refractivity contribution in [1.29, 1.82) is 0 Å². The molecular formula is C99H102BN3. The van der Waals surface area contributed by atoms with Crippen molar-refractivity contribution in [1.82, 2.24) is 4.57 Å². The van der Waals surface area contributed by atoms with Gasteiger partial charge in [0.25, 0.3) is 6.71 Å². The zero-order valence-electron chi connectivity index (χ0n) is 63.3. The van der Waals surface area contributed by atoms with Crippen molar-refractivity contribution >= 4 is 67.7 Å². The monoisotopic (exact) mass is 1340 g/mol. The molecule has 4 heteroatoms. The van der Waals surface area contributed by atoms with Crippen molar-refractivity contribution in [3.8, 4) is 55.6 Å². The third kappa shape index (κ3) is 13.6. The Hall–Kier alpha value is -9.90. The van der Waals surface area contributed by atoms with Crippen LogP contribution in [0.4, 0.5) is 22.7 Å². The van der Waals surface area contributed by atoms with Crippen LogP contribution in [0.2, 0.25) is 0 Å². The molecule has 15 rings (SSSR count). The fourth-order valence-corrected chi connectivity index (χ4v) is 16.5. The van der Waals surface area contributed by atoms with Gasteiger partial charge in [0, 0.05) is 64.2 Å². The topological polar surface area (TPSA) is 11.4 Å². The number of aryl methyl sites for hydroxylation is 1. The van der Waals surface area contributed by atoms with Gasteiger partial charge in [-0.25, -0.2) is 0 Å². The van der Waals surface area contributed by atoms with Gasteiger partial charge in [-0.3, -0.25) is 0 Å². The summed E-state index contributed by atoms with van der Waals surface area (Å²) in [5, 5.41) is 2.64. The number of rotatable bonds is 18. The molecule has 12 aromatic carbocycles. The molecule has 0 amide bonds. The highest BCUT2D eigenvalue weighted by molar-refractivity contribution is 7.00. The first-order valence-corrected chi connectivity index (χ1v) is 38.2. The molecule has 0 fully saturated rings. The van der Waals surface area contributed by atoms with Crippen molar-refractivity contribution in [3.05, 3.63) is 305 Å². The Labute approximate surface area is 615 Å². The number of anilines is 4. The van der Waals surface area contributed by atoms with Gasteiger partial charge in [-0.05, 0) is 200 Å².